The van der Waals surface area contributed by atoms with Gasteiger partial charge in [0.1, 0.15) is 11.6 Å². The van der Waals surface area contributed by atoms with Crippen molar-refractivity contribution in [1.82, 2.24) is 9.97 Å². The highest BCUT2D eigenvalue weighted by Crippen LogP contribution is 2.20. The van der Waals surface area contributed by atoms with Crippen molar-refractivity contribution in [2.24, 2.45) is 0 Å². The molecule has 0 aliphatic heterocycles. The summed E-state index contributed by atoms with van der Waals surface area (Å²) < 4.78 is 5.44. The zero-order valence-corrected chi connectivity index (χ0v) is 14.7. The summed E-state index contributed by atoms with van der Waals surface area (Å²) in [5.74, 6) is 2.01. The van der Waals surface area contributed by atoms with E-state index in [1.807, 2.05) is 43.3 Å². The molecule has 0 saturated carbocycles. The first-order valence-electron chi connectivity index (χ1n) is 8.35. The molecule has 2 aromatic carbocycles. The maximum absolute atomic E-state index is 11.3. The molecule has 0 fully saturated rings. The lowest BCUT2D eigenvalue weighted by atomic mass is 10.1. The van der Waals surface area contributed by atoms with Crippen LogP contribution in [0.4, 0.5) is 23.1 Å². The quantitative estimate of drug-likeness (QED) is 0.609. The molecule has 2 N–H and O–H groups in total. The molecule has 1 aromatic heterocycles. The van der Waals surface area contributed by atoms with E-state index in [2.05, 4.69) is 20.6 Å². The topological polar surface area (TPSA) is 76.1 Å². The summed E-state index contributed by atoms with van der Waals surface area (Å²) in [6.07, 6.45) is 1.68. The highest BCUT2D eigenvalue weighted by Gasteiger charge is 2.03. The van der Waals surface area contributed by atoms with Crippen molar-refractivity contribution in [3.63, 3.8) is 0 Å². The summed E-state index contributed by atoms with van der Waals surface area (Å²) in [5, 5.41) is 6.36. The largest absolute Gasteiger partial charge is 0.494 e. The van der Waals surface area contributed by atoms with Gasteiger partial charge in [-0.3, -0.25) is 4.79 Å². The molecule has 0 aliphatic rings. The monoisotopic (exact) mass is 348 g/mol. The van der Waals surface area contributed by atoms with E-state index in [1.54, 1.807) is 31.3 Å². The zero-order chi connectivity index (χ0) is 18.4. The number of Topliss-reactive ketones (excluding diaryl/α,β-unsaturated/α-hetero) is 1. The van der Waals surface area contributed by atoms with Crippen LogP contribution in [-0.4, -0.2) is 22.4 Å². The minimum Gasteiger partial charge on any atom is -0.494 e. The van der Waals surface area contributed by atoms with E-state index in [0.29, 0.717) is 23.9 Å². The molecular formula is C20H20N4O2. The predicted molar refractivity (Wildman–Crippen MR) is 103 cm³/mol. The van der Waals surface area contributed by atoms with Crippen LogP contribution >= 0.6 is 0 Å². The molecule has 6 nitrogen and oxygen atoms in total. The normalized spacial score (nSPS) is 10.2. The van der Waals surface area contributed by atoms with Crippen molar-refractivity contribution in [2.75, 3.05) is 17.2 Å². The standard InChI is InChI=1S/C20H20N4O2/c1-3-26-18-10-8-16(9-11-18)22-19-12-13-21-20(24-19)23-17-6-4-15(5-7-17)14(2)25/h4-13H,3H2,1-2H3,(H2,21,22,23,24). The summed E-state index contributed by atoms with van der Waals surface area (Å²) in [6, 6.07) is 16.7. The molecule has 0 aliphatic carbocycles. The molecule has 0 radical (unpaired) electrons. The van der Waals surface area contributed by atoms with Crippen LogP contribution in [0.25, 0.3) is 0 Å². The SMILES string of the molecule is CCOc1ccc(Nc2ccnc(Nc3ccc(C(C)=O)cc3)n2)cc1. The van der Waals surface area contributed by atoms with Gasteiger partial charge in [0.15, 0.2) is 5.78 Å². The molecule has 0 spiro atoms. The minimum atomic E-state index is 0.0364. The Balaban J connectivity index is 1.68. The lowest BCUT2D eigenvalue weighted by Gasteiger charge is -2.09. The van der Waals surface area contributed by atoms with Gasteiger partial charge in [-0.15, -0.1) is 0 Å². The third-order valence-electron chi connectivity index (χ3n) is 3.64. The van der Waals surface area contributed by atoms with Gasteiger partial charge in [-0.1, -0.05) is 0 Å². The molecular weight excluding hydrogens is 328 g/mol. The number of rotatable bonds is 7. The van der Waals surface area contributed by atoms with Gasteiger partial charge in [-0.2, -0.15) is 4.98 Å². The van der Waals surface area contributed by atoms with Gasteiger partial charge < -0.3 is 15.4 Å². The summed E-state index contributed by atoms with van der Waals surface area (Å²) in [4.78, 5) is 20.0. The van der Waals surface area contributed by atoms with Crippen LogP contribution in [0, 0.1) is 0 Å². The first-order chi connectivity index (χ1) is 12.6. The highest BCUT2D eigenvalue weighted by atomic mass is 16.5. The van der Waals surface area contributed by atoms with Crippen molar-refractivity contribution >= 4 is 28.9 Å². The summed E-state index contributed by atoms with van der Waals surface area (Å²) in [6.45, 7) is 4.14. The molecule has 6 heteroatoms. The number of carbonyl (C=O) groups excluding carboxylic acids is 1. The van der Waals surface area contributed by atoms with Crippen LogP contribution in [0.5, 0.6) is 5.75 Å². The van der Waals surface area contributed by atoms with E-state index >= 15 is 0 Å². The Kier molecular flexibility index (Phi) is 5.43. The van der Waals surface area contributed by atoms with E-state index in [0.717, 1.165) is 17.1 Å². The van der Waals surface area contributed by atoms with E-state index in [4.69, 9.17) is 4.74 Å². The highest BCUT2D eigenvalue weighted by molar-refractivity contribution is 5.94. The van der Waals surface area contributed by atoms with Crippen LogP contribution in [0.1, 0.15) is 24.2 Å². The number of anilines is 4. The number of hydrogen-bond donors (Lipinski definition) is 2. The number of carbonyl (C=O) groups is 1. The maximum Gasteiger partial charge on any atom is 0.229 e. The van der Waals surface area contributed by atoms with Gasteiger partial charge >= 0.3 is 0 Å². The van der Waals surface area contributed by atoms with Crippen LogP contribution in [0.3, 0.4) is 0 Å². The fourth-order valence-electron chi connectivity index (χ4n) is 2.35. The first kappa shape index (κ1) is 17.4. The molecule has 0 amide bonds. The molecule has 26 heavy (non-hydrogen) atoms. The van der Waals surface area contributed by atoms with Crippen molar-refractivity contribution < 1.29 is 9.53 Å². The van der Waals surface area contributed by atoms with Gasteiger partial charge in [0.05, 0.1) is 6.61 Å². The van der Waals surface area contributed by atoms with Crippen molar-refractivity contribution in [2.45, 2.75) is 13.8 Å². The van der Waals surface area contributed by atoms with Gasteiger partial charge in [0.25, 0.3) is 0 Å². The molecule has 1 heterocycles. The molecule has 3 rings (SSSR count). The van der Waals surface area contributed by atoms with Crippen molar-refractivity contribution in [3.05, 3.63) is 66.4 Å². The molecule has 0 saturated heterocycles. The summed E-state index contributed by atoms with van der Waals surface area (Å²) >= 11 is 0. The lowest BCUT2D eigenvalue weighted by molar-refractivity contribution is 0.101. The number of nitrogens with zero attached hydrogens (tertiary/aromatic N) is 2. The van der Waals surface area contributed by atoms with E-state index in [9.17, 15) is 4.79 Å². The van der Waals surface area contributed by atoms with Gasteiger partial charge in [-0.05, 0) is 68.4 Å². The maximum atomic E-state index is 11.3. The Morgan fingerprint density at radius 1 is 0.962 bits per heavy atom. The Bertz CT molecular complexity index is 877. The third kappa shape index (κ3) is 4.57. The predicted octanol–water partition coefficient (Wildman–Crippen LogP) is 4.57. The van der Waals surface area contributed by atoms with Crippen LogP contribution in [0.2, 0.25) is 0 Å². The third-order valence-corrected chi connectivity index (χ3v) is 3.64. The first-order valence-corrected chi connectivity index (χ1v) is 8.35. The van der Waals surface area contributed by atoms with Crippen LogP contribution in [-0.2, 0) is 0 Å². The molecule has 3 aromatic rings. The van der Waals surface area contributed by atoms with Gasteiger partial charge in [0.2, 0.25) is 5.95 Å². The number of ether oxygens (including phenoxy) is 1. The van der Waals surface area contributed by atoms with Crippen LogP contribution in [0.15, 0.2) is 60.8 Å². The second kappa shape index (κ2) is 8.11. The average Bonchev–Trinajstić information content (AvgIpc) is 2.64. The Hall–Kier alpha value is -3.41. The fourth-order valence-corrected chi connectivity index (χ4v) is 2.35. The Morgan fingerprint density at radius 2 is 1.62 bits per heavy atom. The molecule has 132 valence electrons. The summed E-state index contributed by atoms with van der Waals surface area (Å²) in [7, 11) is 0. The Labute approximate surface area is 152 Å². The number of aromatic nitrogens is 2. The number of benzene rings is 2. The number of ketones is 1. The second-order valence-corrected chi connectivity index (χ2v) is 5.61. The smallest absolute Gasteiger partial charge is 0.229 e. The molecule has 0 bridgehead atoms. The van der Waals surface area contributed by atoms with E-state index < -0.39 is 0 Å². The van der Waals surface area contributed by atoms with Crippen LogP contribution < -0.4 is 15.4 Å². The van der Waals surface area contributed by atoms with Gasteiger partial charge in [0, 0.05) is 23.1 Å². The second-order valence-electron chi connectivity index (χ2n) is 5.61. The van der Waals surface area contributed by atoms with E-state index in [-0.39, 0.29) is 5.78 Å². The number of hydrogen-bond acceptors (Lipinski definition) is 6. The lowest BCUT2D eigenvalue weighted by Crippen LogP contribution is -2.01. The minimum absolute atomic E-state index is 0.0364. The van der Waals surface area contributed by atoms with Gasteiger partial charge in [-0.25, -0.2) is 4.98 Å². The molecule has 0 unspecified atom stereocenters. The fraction of sp³-hybridized carbons (Fsp3) is 0.150. The average molecular weight is 348 g/mol. The van der Waals surface area contributed by atoms with Crippen molar-refractivity contribution in [3.8, 4) is 5.75 Å². The zero-order valence-electron chi connectivity index (χ0n) is 14.7. The summed E-state index contributed by atoms with van der Waals surface area (Å²) in [5.41, 5.74) is 2.39. The number of nitrogens with one attached hydrogen (secondary N) is 2. The van der Waals surface area contributed by atoms with E-state index in [1.165, 1.54) is 0 Å². The molecule has 0 atom stereocenters. The van der Waals surface area contributed by atoms with Crippen molar-refractivity contribution in [1.29, 1.82) is 0 Å². The Morgan fingerprint density at radius 3 is 2.27 bits per heavy atom.